The zero-order valence-corrected chi connectivity index (χ0v) is 13.2. The maximum Gasteiger partial charge on any atom is 0.150 e. The van der Waals surface area contributed by atoms with E-state index in [1.54, 1.807) is 12.1 Å². The number of aldehydes is 1. The first kappa shape index (κ1) is 16.2. The van der Waals surface area contributed by atoms with Gasteiger partial charge in [-0.15, -0.1) is 0 Å². The quantitative estimate of drug-likeness (QED) is 0.425. The van der Waals surface area contributed by atoms with Gasteiger partial charge in [0.15, 0.2) is 0 Å². The average molecular weight is 327 g/mol. The lowest BCUT2D eigenvalue weighted by molar-refractivity contribution is 0.112. The van der Waals surface area contributed by atoms with Crippen molar-refractivity contribution in [2.45, 2.75) is 51.9 Å². The summed E-state index contributed by atoms with van der Waals surface area (Å²) in [7, 11) is 0. The topological polar surface area (TPSA) is 26.3 Å². The van der Waals surface area contributed by atoms with Gasteiger partial charge < -0.3 is 4.74 Å². The number of unbranched alkanes of at least 4 members (excludes halogenated alkanes) is 6. The average Bonchev–Trinajstić information content (AvgIpc) is 2.43. The highest BCUT2D eigenvalue weighted by atomic mass is 79.9. The minimum atomic E-state index is 0.662. The van der Waals surface area contributed by atoms with Gasteiger partial charge in [0.25, 0.3) is 0 Å². The Hall–Kier alpha value is -0.830. The molecule has 0 saturated heterocycles. The fourth-order valence-electron chi connectivity index (χ4n) is 1.95. The molecule has 2 nitrogen and oxygen atoms in total. The van der Waals surface area contributed by atoms with Gasteiger partial charge in [-0.1, -0.05) is 45.4 Å². The molecule has 0 unspecified atom stereocenters. The second-order valence-electron chi connectivity index (χ2n) is 4.78. The number of hydrogen-bond acceptors (Lipinski definition) is 2. The number of benzene rings is 1. The molecule has 1 rings (SSSR count). The number of carbonyl (C=O) groups excluding carboxylic acids is 1. The normalized spacial score (nSPS) is 10.4. The SMILES string of the molecule is CCCCCCCCCOc1ccc(C=O)cc1Br. The number of halogens is 1. The Kier molecular flexibility index (Phi) is 8.55. The Morgan fingerprint density at radius 1 is 1.11 bits per heavy atom. The van der Waals surface area contributed by atoms with Gasteiger partial charge in [0, 0.05) is 5.56 Å². The maximum absolute atomic E-state index is 10.6. The van der Waals surface area contributed by atoms with Gasteiger partial charge in [-0.2, -0.15) is 0 Å². The molecule has 0 fully saturated rings. The van der Waals surface area contributed by atoms with Gasteiger partial charge in [0.2, 0.25) is 0 Å². The molecule has 1 aromatic rings. The maximum atomic E-state index is 10.6. The third-order valence-electron chi connectivity index (χ3n) is 3.10. The fourth-order valence-corrected chi connectivity index (χ4v) is 2.46. The Balaban J connectivity index is 2.14. The van der Waals surface area contributed by atoms with Crippen LogP contribution in [0.2, 0.25) is 0 Å². The molecule has 0 bridgehead atoms. The summed E-state index contributed by atoms with van der Waals surface area (Å²) in [6.45, 7) is 2.98. The molecule has 0 aromatic heterocycles. The van der Waals surface area contributed by atoms with Crippen LogP contribution in [0.15, 0.2) is 22.7 Å². The van der Waals surface area contributed by atoms with Gasteiger partial charge in [-0.05, 0) is 40.5 Å². The smallest absolute Gasteiger partial charge is 0.150 e. The van der Waals surface area contributed by atoms with E-state index in [4.69, 9.17) is 4.74 Å². The molecule has 0 saturated carbocycles. The van der Waals surface area contributed by atoms with Gasteiger partial charge >= 0.3 is 0 Å². The molecule has 0 aliphatic heterocycles. The number of hydrogen-bond donors (Lipinski definition) is 0. The number of ether oxygens (including phenoxy) is 1. The highest BCUT2D eigenvalue weighted by Gasteiger charge is 2.02. The van der Waals surface area contributed by atoms with Crippen LogP contribution >= 0.6 is 15.9 Å². The summed E-state index contributed by atoms with van der Waals surface area (Å²) in [5.41, 5.74) is 0.662. The molecular formula is C16H23BrO2. The van der Waals surface area contributed by atoms with E-state index >= 15 is 0 Å². The third kappa shape index (κ3) is 6.76. The van der Waals surface area contributed by atoms with Crippen LogP contribution in [-0.2, 0) is 0 Å². The highest BCUT2D eigenvalue weighted by molar-refractivity contribution is 9.10. The molecule has 0 spiro atoms. The fraction of sp³-hybridized carbons (Fsp3) is 0.562. The lowest BCUT2D eigenvalue weighted by Gasteiger charge is -2.08. The molecule has 0 N–H and O–H groups in total. The monoisotopic (exact) mass is 326 g/mol. The summed E-state index contributed by atoms with van der Waals surface area (Å²) in [4.78, 5) is 10.6. The summed E-state index contributed by atoms with van der Waals surface area (Å²) < 4.78 is 6.55. The van der Waals surface area contributed by atoms with E-state index in [2.05, 4.69) is 22.9 Å². The number of carbonyl (C=O) groups is 1. The zero-order chi connectivity index (χ0) is 13.9. The molecule has 3 heteroatoms. The minimum absolute atomic E-state index is 0.662. The Bertz CT molecular complexity index is 377. The van der Waals surface area contributed by atoms with Gasteiger partial charge in [0.1, 0.15) is 12.0 Å². The van der Waals surface area contributed by atoms with Crippen molar-refractivity contribution in [1.29, 1.82) is 0 Å². The summed E-state index contributed by atoms with van der Waals surface area (Å²) in [6.07, 6.45) is 9.81. The van der Waals surface area contributed by atoms with E-state index in [9.17, 15) is 4.79 Å². The van der Waals surface area contributed by atoms with E-state index in [1.807, 2.05) is 6.07 Å². The molecule has 0 atom stereocenters. The van der Waals surface area contributed by atoms with Gasteiger partial charge in [-0.25, -0.2) is 0 Å². The van der Waals surface area contributed by atoms with E-state index in [0.29, 0.717) is 5.56 Å². The van der Waals surface area contributed by atoms with Crippen molar-refractivity contribution in [1.82, 2.24) is 0 Å². The molecule has 19 heavy (non-hydrogen) atoms. The lowest BCUT2D eigenvalue weighted by atomic mass is 10.1. The van der Waals surface area contributed by atoms with Crippen LogP contribution in [0, 0.1) is 0 Å². The Morgan fingerprint density at radius 3 is 2.42 bits per heavy atom. The van der Waals surface area contributed by atoms with Crippen molar-refractivity contribution in [3.63, 3.8) is 0 Å². The van der Waals surface area contributed by atoms with Crippen LogP contribution in [0.1, 0.15) is 62.2 Å². The summed E-state index contributed by atoms with van der Waals surface area (Å²) in [5.74, 6) is 0.816. The highest BCUT2D eigenvalue weighted by Crippen LogP contribution is 2.25. The van der Waals surface area contributed by atoms with E-state index in [-0.39, 0.29) is 0 Å². The van der Waals surface area contributed by atoms with Crippen molar-refractivity contribution in [2.24, 2.45) is 0 Å². The molecule has 0 radical (unpaired) electrons. The van der Waals surface area contributed by atoms with Crippen LogP contribution in [-0.4, -0.2) is 12.9 Å². The first-order valence-corrected chi connectivity index (χ1v) is 7.94. The first-order chi connectivity index (χ1) is 9.27. The second-order valence-corrected chi connectivity index (χ2v) is 5.63. The van der Waals surface area contributed by atoms with Crippen molar-refractivity contribution in [3.8, 4) is 5.75 Å². The van der Waals surface area contributed by atoms with Crippen LogP contribution in [0.5, 0.6) is 5.75 Å². The molecule has 1 aromatic carbocycles. The summed E-state index contributed by atoms with van der Waals surface area (Å²) in [6, 6.07) is 5.40. The summed E-state index contributed by atoms with van der Waals surface area (Å²) in [5, 5.41) is 0. The van der Waals surface area contributed by atoms with E-state index in [0.717, 1.165) is 29.5 Å². The van der Waals surface area contributed by atoms with E-state index in [1.165, 1.54) is 38.5 Å². The largest absolute Gasteiger partial charge is 0.492 e. The second kappa shape index (κ2) is 10.0. The van der Waals surface area contributed by atoms with Crippen molar-refractivity contribution in [3.05, 3.63) is 28.2 Å². The Labute approximate surface area is 124 Å². The molecule has 0 amide bonds. The predicted octanol–water partition coefficient (Wildman–Crippen LogP) is 5.39. The van der Waals surface area contributed by atoms with Crippen LogP contribution in [0.3, 0.4) is 0 Å². The molecule has 0 aliphatic rings. The lowest BCUT2D eigenvalue weighted by Crippen LogP contribution is -1.98. The third-order valence-corrected chi connectivity index (χ3v) is 3.72. The van der Waals surface area contributed by atoms with Crippen molar-refractivity contribution >= 4 is 22.2 Å². The Morgan fingerprint density at radius 2 is 1.79 bits per heavy atom. The predicted molar refractivity (Wildman–Crippen MR) is 83.0 cm³/mol. The van der Waals surface area contributed by atoms with Crippen LogP contribution in [0.4, 0.5) is 0 Å². The molecule has 106 valence electrons. The molecule has 0 aliphatic carbocycles. The van der Waals surface area contributed by atoms with E-state index < -0.39 is 0 Å². The molecular weight excluding hydrogens is 304 g/mol. The number of rotatable bonds is 10. The van der Waals surface area contributed by atoms with Crippen LogP contribution in [0.25, 0.3) is 0 Å². The minimum Gasteiger partial charge on any atom is -0.492 e. The zero-order valence-electron chi connectivity index (χ0n) is 11.7. The standard InChI is InChI=1S/C16H23BrO2/c1-2-3-4-5-6-7-8-11-19-16-10-9-14(13-18)12-15(16)17/h9-10,12-13H,2-8,11H2,1H3. The molecule has 0 heterocycles. The van der Waals surface area contributed by atoms with Gasteiger partial charge in [0.05, 0.1) is 11.1 Å². The van der Waals surface area contributed by atoms with Gasteiger partial charge in [-0.3, -0.25) is 4.79 Å². The summed E-state index contributed by atoms with van der Waals surface area (Å²) >= 11 is 3.42. The first-order valence-electron chi connectivity index (χ1n) is 7.15. The van der Waals surface area contributed by atoms with Crippen molar-refractivity contribution in [2.75, 3.05) is 6.61 Å². The van der Waals surface area contributed by atoms with Crippen molar-refractivity contribution < 1.29 is 9.53 Å². The van der Waals surface area contributed by atoms with Crippen LogP contribution < -0.4 is 4.74 Å².